The molecule has 0 bridgehead atoms. The highest BCUT2D eigenvalue weighted by atomic mass is 19.4. The number of hydrogen-bond acceptors (Lipinski definition) is 6. The van der Waals surface area contributed by atoms with Crippen LogP contribution in [0.25, 0.3) is 0 Å². The summed E-state index contributed by atoms with van der Waals surface area (Å²) in [5.41, 5.74) is 3.40. The molecular formula is C18H16F5N5O3. The summed E-state index contributed by atoms with van der Waals surface area (Å²) < 4.78 is 65.1. The average Bonchev–Trinajstić information content (AvgIpc) is 2.68. The minimum atomic E-state index is -4.78. The summed E-state index contributed by atoms with van der Waals surface area (Å²) in [6, 6.07) is 5.46. The normalized spacial score (nSPS) is 15.0. The van der Waals surface area contributed by atoms with Gasteiger partial charge in [-0.15, -0.1) is 13.2 Å². The van der Waals surface area contributed by atoms with Gasteiger partial charge in [0.1, 0.15) is 5.75 Å². The minimum absolute atomic E-state index is 0.0866. The Morgan fingerprint density at radius 1 is 1.03 bits per heavy atom. The van der Waals surface area contributed by atoms with Crippen molar-refractivity contribution < 1.29 is 36.3 Å². The van der Waals surface area contributed by atoms with Crippen LogP contribution in [0.4, 0.5) is 27.9 Å². The second-order valence-electron chi connectivity index (χ2n) is 6.67. The van der Waals surface area contributed by atoms with Crippen LogP contribution in [-0.4, -0.2) is 34.6 Å². The highest BCUT2D eigenvalue weighted by Crippen LogP contribution is 2.44. The minimum Gasteiger partial charge on any atom is -0.406 e. The van der Waals surface area contributed by atoms with Crippen molar-refractivity contribution in [1.82, 2.24) is 20.8 Å². The van der Waals surface area contributed by atoms with Crippen molar-refractivity contribution in [2.24, 2.45) is 0 Å². The summed E-state index contributed by atoms with van der Waals surface area (Å²) in [6.45, 7) is 0. The number of nitrogens with zero attached hydrogens (tertiary/aromatic N) is 2. The highest BCUT2D eigenvalue weighted by Gasteiger charge is 2.39. The molecule has 1 aromatic heterocycles. The third-order valence-corrected chi connectivity index (χ3v) is 4.61. The standard InChI is InChI=1S/C18H16F5N5O3/c19-13(20)15(30)28-27-14(29)10-8-24-16(25-9-10)26-17(6-1-7-17)11-2-4-12(5-3-11)31-18(21,22)23/h2-5,8-9,13H,1,6-7H2,(H,27,29)(H,28,30)(H,24,25,26). The molecule has 0 unspecified atom stereocenters. The third-order valence-electron chi connectivity index (χ3n) is 4.61. The molecule has 1 aliphatic carbocycles. The Morgan fingerprint density at radius 2 is 1.65 bits per heavy atom. The molecule has 8 nitrogen and oxygen atoms in total. The van der Waals surface area contributed by atoms with E-state index in [1.165, 1.54) is 24.3 Å². The first-order valence-electron chi connectivity index (χ1n) is 8.93. The Kier molecular flexibility index (Phi) is 6.22. The van der Waals surface area contributed by atoms with E-state index in [1.807, 2.05) is 0 Å². The number of nitrogens with one attached hydrogen (secondary N) is 3. The number of alkyl halides is 5. The van der Waals surface area contributed by atoms with Crippen molar-refractivity contribution in [3.63, 3.8) is 0 Å². The van der Waals surface area contributed by atoms with Crippen LogP contribution in [0.2, 0.25) is 0 Å². The summed E-state index contributed by atoms with van der Waals surface area (Å²) in [5, 5.41) is 3.12. The summed E-state index contributed by atoms with van der Waals surface area (Å²) >= 11 is 0. The lowest BCUT2D eigenvalue weighted by Crippen LogP contribution is -2.44. The number of ether oxygens (including phenoxy) is 1. The van der Waals surface area contributed by atoms with E-state index in [-0.39, 0.29) is 17.3 Å². The fraction of sp³-hybridized carbons (Fsp3) is 0.333. The predicted octanol–water partition coefficient (Wildman–Crippen LogP) is 2.89. The van der Waals surface area contributed by atoms with Crippen LogP contribution in [0.5, 0.6) is 5.75 Å². The topological polar surface area (TPSA) is 105 Å². The monoisotopic (exact) mass is 445 g/mol. The van der Waals surface area contributed by atoms with Crippen molar-refractivity contribution >= 4 is 17.8 Å². The van der Waals surface area contributed by atoms with Gasteiger partial charge in [-0.1, -0.05) is 12.1 Å². The maximum atomic E-state index is 12.3. The zero-order valence-corrected chi connectivity index (χ0v) is 15.7. The number of aromatic nitrogens is 2. The molecule has 0 aliphatic heterocycles. The highest BCUT2D eigenvalue weighted by molar-refractivity contribution is 5.95. The van der Waals surface area contributed by atoms with Crippen molar-refractivity contribution in [2.45, 2.75) is 37.6 Å². The first-order chi connectivity index (χ1) is 14.6. The number of rotatable bonds is 6. The molecule has 13 heteroatoms. The first kappa shape index (κ1) is 22.2. The van der Waals surface area contributed by atoms with Crippen molar-refractivity contribution in [2.75, 3.05) is 5.32 Å². The van der Waals surface area contributed by atoms with E-state index in [4.69, 9.17) is 0 Å². The molecule has 1 heterocycles. The number of halogens is 5. The lowest BCUT2D eigenvalue weighted by atomic mass is 9.72. The first-order valence-corrected chi connectivity index (χ1v) is 8.93. The van der Waals surface area contributed by atoms with Crippen LogP contribution in [0.1, 0.15) is 35.2 Å². The number of hydrazine groups is 1. The molecule has 2 aromatic rings. The fourth-order valence-electron chi connectivity index (χ4n) is 2.96. The molecule has 0 spiro atoms. The van der Waals surface area contributed by atoms with Gasteiger partial charge in [0.15, 0.2) is 0 Å². The molecule has 2 amide bonds. The summed E-state index contributed by atoms with van der Waals surface area (Å²) in [7, 11) is 0. The maximum Gasteiger partial charge on any atom is 0.573 e. The van der Waals surface area contributed by atoms with Crippen molar-refractivity contribution in [3.8, 4) is 5.75 Å². The van der Waals surface area contributed by atoms with Crippen LogP contribution in [0.3, 0.4) is 0 Å². The summed E-state index contributed by atoms with van der Waals surface area (Å²) in [6.07, 6.45) is -3.57. The van der Waals surface area contributed by atoms with Gasteiger partial charge < -0.3 is 10.1 Å². The molecule has 1 aromatic carbocycles. The van der Waals surface area contributed by atoms with Gasteiger partial charge in [-0.05, 0) is 37.0 Å². The van der Waals surface area contributed by atoms with E-state index < -0.39 is 30.1 Å². The maximum absolute atomic E-state index is 12.3. The van der Waals surface area contributed by atoms with E-state index in [9.17, 15) is 31.5 Å². The van der Waals surface area contributed by atoms with Crippen molar-refractivity contribution in [3.05, 3.63) is 47.8 Å². The zero-order valence-electron chi connectivity index (χ0n) is 15.7. The van der Waals surface area contributed by atoms with E-state index in [0.29, 0.717) is 18.4 Å². The number of benzene rings is 1. The van der Waals surface area contributed by atoms with Crippen molar-refractivity contribution in [1.29, 1.82) is 0 Å². The number of carbonyl (C=O) groups excluding carboxylic acids is 2. The summed E-state index contributed by atoms with van der Waals surface area (Å²) in [4.78, 5) is 30.6. The molecule has 166 valence electrons. The molecule has 3 rings (SSSR count). The molecular weight excluding hydrogens is 429 g/mol. The fourth-order valence-corrected chi connectivity index (χ4v) is 2.96. The van der Waals surface area contributed by atoms with Gasteiger partial charge in [0.05, 0.1) is 11.1 Å². The number of amides is 2. The Hall–Kier alpha value is -3.51. The lowest BCUT2D eigenvalue weighted by Gasteiger charge is -2.43. The van der Waals surface area contributed by atoms with Crippen LogP contribution in [0, 0.1) is 0 Å². The molecule has 0 atom stereocenters. The summed E-state index contributed by atoms with van der Waals surface area (Å²) in [5.74, 6) is -2.73. The van der Waals surface area contributed by atoms with Gasteiger partial charge in [0.2, 0.25) is 5.95 Å². The number of hydrogen-bond donors (Lipinski definition) is 3. The van der Waals surface area contributed by atoms with Gasteiger partial charge in [-0.2, -0.15) is 8.78 Å². The SMILES string of the molecule is O=C(NNC(=O)C(F)F)c1cnc(NC2(c3ccc(OC(F)(F)F)cc3)CCC2)nc1. The van der Waals surface area contributed by atoms with E-state index in [2.05, 4.69) is 20.0 Å². The van der Waals surface area contributed by atoms with Crippen LogP contribution >= 0.6 is 0 Å². The molecule has 0 saturated heterocycles. The lowest BCUT2D eigenvalue weighted by molar-refractivity contribution is -0.274. The molecule has 31 heavy (non-hydrogen) atoms. The molecule has 1 fully saturated rings. The Bertz CT molecular complexity index is 931. The van der Waals surface area contributed by atoms with Gasteiger partial charge in [-0.25, -0.2) is 9.97 Å². The van der Waals surface area contributed by atoms with Crippen LogP contribution < -0.4 is 20.9 Å². The Balaban J connectivity index is 1.65. The number of carbonyl (C=O) groups is 2. The second kappa shape index (κ2) is 8.70. The third kappa shape index (κ3) is 5.55. The molecule has 1 aliphatic rings. The second-order valence-corrected chi connectivity index (χ2v) is 6.67. The predicted molar refractivity (Wildman–Crippen MR) is 95.9 cm³/mol. The van der Waals surface area contributed by atoms with Crippen LogP contribution in [0.15, 0.2) is 36.7 Å². The van der Waals surface area contributed by atoms with E-state index >= 15 is 0 Å². The smallest absolute Gasteiger partial charge is 0.406 e. The Labute approximate surface area is 172 Å². The quantitative estimate of drug-likeness (QED) is 0.467. The zero-order chi connectivity index (χ0) is 22.6. The number of anilines is 1. The van der Waals surface area contributed by atoms with Gasteiger partial charge in [-0.3, -0.25) is 20.4 Å². The molecule has 3 N–H and O–H groups in total. The van der Waals surface area contributed by atoms with Gasteiger partial charge in [0, 0.05) is 12.4 Å². The van der Waals surface area contributed by atoms with Gasteiger partial charge in [0.25, 0.3) is 5.91 Å². The largest absolute Gasteiger partial charge is 0.573 e. The van der Waals surface area contributed by atoms with Crippen LogP contribution in [-0.2, 0) is 10.3 Å². The van der Waals surface area contributed by atoms with E-state index in [0.717, 1.165) is 18.8 Å². The average molecular weight is 445 g/mol. The van der Waals surface area contributed by atoms with E-state index in [1.54, 1.807) is 10.9 Å². The van der Waals surface area contributed by atoms with Gasteiger partial charge >= 0.3 is 18.7 Å². The Morgan fingerprint density at radius 3 is 2.13 bits per heavy atom. The molecule has 0 radical (unpaired) electrons. The molecule has 1 saturated carbocycles.